The molecule has 1 heterocycles. The summed E-state index contributed by atoms with van der Waals surface area (Å²) in [6, 6.07) is 13.8. The van der Waals surface area contributed by atoms with E-state index in [2.05, 4.69) is 41.9 Å². The van der Waals surface area contributed by atoms with Gasteiger partial charge in [-0.25, -0.2) is 4.98 Å². The van der Waals surface area contributed by atoms with E-state index in [9.17, 15) is 4.79 Å². The maximum atomic E-state index is 11.0. The number of thiazole rings is 1. The Morgan fingerprint density at radius 3 is 2.37 bits per heavy atom. The number of primary amides is 1. The highest BCUT2D eigenvalue weighted by molar-refractivity contribution is 7.82. The minimum atomic E-state index is -0.454. The number of carbonyl (C=O) groups is 1. The summed E-state index contributed by atoms with van der Waals surface area (Å²) in [5.41, 5.74) is 9.14. The first-order valence-corrected chi connectivity index (χ1v) is 6.90. The van der Waals surface area contributed by atoms with Gasteiger partial charge in [0.25, 0.3) is 5.91 Å². The van der Waals surface area contributed by atoms with Gasteiger partial charge in [-0.05, 0) is 29.3 Å². The lowest BCUT2D eigenvalue weighted by atomic mass is 10.2. The second-order valence-corrected chi connectivity index (χ2v) is 5.85. The molecule has 2 N–H and O–H groups in total. The van der Waals surface area contributed by atoms with E-state index >= 15 is 0 Å². The zero-order chi connectivity index (χ0) is 13.4. The number of hydrogen-bond acceptors (Lipinski definition) is 4. The fourth-order valence-electron chi connectivity index (χ4n) is 1.81. The summed E-state index contributed by atoms with van der Waals surface area (Å²) in [5.74, 6) is -0.454. The van der Waals surface area contributed by atoms with Gasteiger partial charge in [0.15, 0.2) is 0 Å². The third-order valence-corrected chi connectivity index (χ3v) is 3.98. The van der Waals surface area contributed by atoms with Crippen LogP contribution in [-0.4, -0.2) is 10.9 Å². The lowest BCUT2D eigenvalue weighted by Crippen LogP contribution is -2.11. The normalized spacial score (nSPS) is 10.8. The molecular formula is C14H10N2OS2. The summed E-state index contributed by atoms with van der Waals surface area (Å²) in [5, 5.41) is 0. The van der Waals surface area contributed by atoms with Gasteiger partial charge in [-0.1, -0.05) is 24.3 Å². The number of aromatic nitrogens is 1. The third kappa shape index (κ3) is 2.47. The van der Waals surface area contributed by atoms with Gasteiger partial charge in [-0.3, -0.25) is 4.79 Å². The molecule has 2 aliphatic carbocycles. The Balaban J connectivity index is 0.000000151. The van der Waals surface area contributed by atoms with Gasteiger partial charge >= 0.3 is 0 Å². The van der Waals surface area contributed by atoms with E-state index in [0.29, 0.717) is 15.4 Å². The van der Waals surface area contributed by atoms with Gasteiger partial charge in [0, 0.05) is 0 Å². The standard InChI is InChI=1S/C8H6N2OS2.C6H4/c9-7(11)4-2-1-3-5-6(4)10-8(12)13-5;1-2-5-4-6(5)3-1/h1-3H,(H2,9,11)(H,10,12);1-4H. The Labute approximate surface area is 119 Å². The molecule has 19 heavy (non-hydrogen) atoms. The molecule has 94 valence electrons. The van der Waals surface area contributed by atoms with Crippen molar-refractivity contribution in [2.45, 2.75) is 4.34 Å². The summed E-state index contributed by atoms with van der Waals surface area (Å²) in [6.45, 7) is 0. The summed E-state index contributed by atoms with van der Waals surface area (Å²) in [6.07, 6.45) is 0. The number of fused-ring (bicyclic) bond motifs is 2. The molecule has 0 unspecified atom stereocenters. The largest absolute Gasteiger partial charge is 0.366 e. The van der Waals surface area contributed by atoms with Gasteiger partial charge in [0.1, 0.15) is 4.34 Å². The Hall–Kier alpha value is -1.85. The first-order valence-electron chi connectivity index (χ1n) is 5.64. The van der Waals surface area contributed by atoms with Crippen LogP contribution in [0.3, 0.4) is 0 Å². The molecule has 0 atom stereocenters. The summed E-state index contributed by atoms with van der Waals surface area (Å²) in [7, 11) is 0. The quantitative estimate of drug-likeness (QED) is 0.527. The van der Waals surface area contributed by atoms with Crippen LogP contribution in [0.15, 0.2) is 46.8 Å². The van der Waals surface area contributed by atoms with E-state index in [-0.39, 0.29) is 0 Å². The Morgan fingerprint density at radius 1 is 1.16 bits per heavy atom. The van der Waals surface area contributed by atoms with Crippen LogP contribution in [0, 0.1) is 0 Å². The molecule has 0 radical (unpaired) electrons. The second-order valence-electron chi connectivity index (χ2n) is 4.09. The molecule has 0 fully saturated rings. The van der Waals surface area contributed by atoms with E-state index in [4.69, 9.17) is 5.73 Å². The zero-order valence-electron chi connectivity index (χ0n) is 9.83. The monoisotopic (exact) mass is 286 g/mol. The molecule has 4 rings (SSSR count). The molecule has 0 saturated carbocycles. The Kier molecular flexibility index (Phi) is 3.00. The van der Waals surface area contributed by atoms with Crippen molar-refractivity contribution >= 4 is 40.1 Å². The molecule has 1 amide bonds. The number of para-hydroxylation sites is 1. The van der Waals surface area contributed by atoms with E-state index in [1.165, 1.54) is 22.5 Å². The van der Waals surface area contributed by atoms with E-state index in [1.807, 2.05) is 6.07 Å². The fraction of sp³-hybridized carbons (Fsp3) is 0. The van der Waals surface area contributed by atoms with Crippen LogP contribution >= 0.6 is 24.0 Å². The van der Waals surface area contributed by atoms with Gasteiger partial charge < -0.3 is 5.73 Å². The Morgan fingerprint density at radius 2 is 1.84 bits per heavy atom. The number of nitrogens with zero attached hydrogens (tertiary/aromatic N) is 1. The van der Waals surface area contributed by atoms with Crippen LogP contribution in [0.1, 0.15) is 10.4 Å². The van der Waals surface area contributed by atoms with Gasteiger partial charge in [-0.15, -0.1) is 24.0 Å². The van der Waals surface area contributed by atoms with Crippen molar-refractivity contribution in [1.82, 2.24) is 4.98 Å². The lowest BCUT2D eigenvalue weighted by molar-refractivity contribution is 0.100. The molecule has 0 bridgehead atoms. The fourth-order valence-corrected chi connectivity index (χ4v) is 2.94. The molecule has 1 aromatic heterocycles. The van der Waals surface area contributed by atoms with Crippen LogP contribution in [0.2, 0.25) is 0 Å². The number of carbonyl (C=O) groups excluding carboxylic acids is 1. The summed E-state index contributed by atoms with van der Waals surface area (Å²) < 4.78 is 1.57. The van der Waals surface area contributed by atoms with Crippen molar-refractivity contribution in [1.29, 1.82) is 0 Å². The highest BCUT2D eigenvalue weighted by atomic mass is 32.2. The van der Waals surface area contributed by atoms with Crippen molar-refractivity contribution in [3.63, 3.8) is 0 Å². The predicted molar refractivity (Wildman–Crippen MR) is 80.8 cm³/mol. The van der Waals surface area contributed by atoms with Crippen molar-refractivity contribution in [2.24, 2.45) is 5.73 Å². The van der Waals surface area contributed by atoms with E-state index in [1.54, 1.807) is 12.1 Å². The molecule has 3 nitrogen and oxygen atoms in total. The molecule has 5 heteroatoms. The first-order chi connectivity index (χ1) is 9.15. The predicted octanol–water partition coefficient (Wildman–Crippen LogP) is 3.35. The van der Waals surface area contributed by atoms with Crippen LogP contribution < -0.4 is 5.73 Å². The van der Waals surface area contributed by atoms with Crippen molar-refractivity contribution in [3.05, 3.63) is 48.0 Å². The molecule has 0 aliphatic heterocycles. The number of hydrogen-bond donors (Lipinski definition) is 2. The second kappa shape index (κ2) is 4.68. The molecule has 0 spiro atoms. The summed E-state index contributed by atoms with van der Waals surface area (Å²) >= 11 is 5.54. The summed E-state index contributed by atoms with van der Waals surface area (Å²) in [4.78, 5) is 15.1. The maximum Gasteiger partial charge on any atom is 0.250 e. The average Bonchev–Trinajstić information content (AvgIpc) is 2.82. The molecule has 0 saturated heterocycles. The Bertz CT molecular complexity index is 763. The molecule has 2 aliphatic rings. The van der Waals surface area contributed by atoms with Gasteiger partial charge in [-0.2, -0.15) is 0 Å². The number of benzene rings is 2. The van der Waals surface area contributed by atoms with Crippen LogP contribution in [0.4, 0.5) is 0 Å². The highest BCUT2D eigenvalue weighted by Crippen LogP contribution is 2.32. The first kappa shape index (κ1) is 12.2. The minimum absolute atomic E-state index is 0.453. The lowest BCUT2D eigenvalue weighted by Gasteiger charge is -1.94. The zero-order valence-corrected chi connectivity index (χ0v) is 11.5. The number of nitrogens with two attached hydrogens (primary N) is 1. The molecule has 2 aromatic rings. The van der Waals surface area contributed by atoms with Crippen molar-refractivity contribution < 1.29 is 4.79 Å². The van der Waals surface area contributed by atoms with E-state index in [0.717, 1.165) is 4.70 Å². The maximum absolute atomic E-state index is 11.0. The van der Waals surface area contributed by atoms with Gasteiger partial charge in [0.2, 0.25) is 0 Å². The minimum Gasteiger partial charge on any atom is -0.366 e. The highest BCUT2D eigenvalue weighted by Gasteiger charge is 2.09. The third-order valence-electron chi connectivity index (χ3n) is 2.79. The van der Waals surface area contributed by atoms with Crippen LogP contribution in [0.25, 0.3) is 21.3 Å². The SMILES string of the molecule is NC(=O)c1cccc2sc(S)nc12.c1cc2cc-2c1. The molecule has 1 aromatic carbocycles. The number of thiol groups is 1. The van der Waals surface area contributed by atoms with Gasteiger partial charge in [0.05, 0.1) is 15.8 Å². The number of rotatable bonds is 1. The topological polar surface area (TPSA) is 56.0 Å². The number of amides is 1. The van der Waals surface area contributed by atoms with Crippen LogP contribution in [-0.2, 0) is 0 Å². The van der Waals surface area contributed by atoms with Crippen molar-refractivity contribution in [3.8, 4) is 11.1 Å². The molecular weight excluding hydrogens is 276 g/mol. The smallest absolute Gasteiger partial charge is 0.250 e. The van der Waals surface area contributed by atoms with Crippen molar-refractivity contribution in [2.75, 3.05) is 0 Å². The van der Waals surface area contributed by atoms with E-state index < -0.39 is 5.91 Å². The average molecular weight is 286 g/mol. The van der Waals surface area contributed by atoms with Crippen LogP contribution in [0.5, 0.6) is 0 Å².